The summed E-state index contributed by atoms with van der Waals surface area (Å²) in [4.78, 5) is 41.1. The third-order valence-corrected chi connectivity index (χ3v) is 7.85. The predicted octanol–water partition coefficient (Wildman–Crippen LogP) is 5.81. The largest absolute Gasteiger partial charge is 0.476 e. The van der Waals surface area contributed by atoms with Gasteiger partial charge in [-0.25, -0.2) is 13.8 Å². The van der Waals surface area contributed by atoms with E-state index < -0.39 is 22.8 Å². The number of rotatable bonds is 10. The van der Waals surface area contributed by atoms with Crippen molar-refractivity contribution in [3.63, 3.8) is 0 Å². The zero-order chi connectivity index (χ0) is 32.2. The molecule has 0 saturated carbocycles. The molecule has 1 saturated heterocycles. The number of pyridine rings is 3. The summed E-state index contributed by atoms with van der Waals surface area (Å²) in [6.07, 6.45) is 1.34. The van der Waals surface area contributed by atoms with E-state index >= 15 is 4.39 Å². The van der Waals surface area contributed by atoms with E-state index in [1.165, 1.54) is 36.4 Å². The Kier molecular flexibility index (Phi) is 9.13. The molecular formula is C35H32F2N4O5. The number of carbonyl (C=O) groups is 1. The number of ether oxygens (including phenoxy) is 3. The maximum absolute atomic E-state index is 15.3. The van der Waals surface area contributed by atoms with Crippen LogP contribution in [0.1, 0.15) is 27.3 Å². The fourth-order valence-corrected chi connectivity index (χ4v) is 5.55. The Morgan fingerprint density at radius 3 is 2.52 bits per heavy atom. The van der Waals surface area contributed by atoms with Crippen LogP contribution in [0.4, 0.5) is 8.78 Å². The molecule has 0 spiro atoms. The summed E-state index contributed by atoms with van der Waals surface area (Å²) >= 11 is 0. The second-order valence-corrected chi connectivity index (χ2v) is 11.1. The molecule has 0 aliphatic carbocycles. The first-order valence-corrected chi connectivity index (χ1v) is 14.9. The number of aromatic amines is 1. The molecule has 1 aliphatic rings. The van der Waals surface area contributed by atoms with Crippen LogP contribution in [-0.2, 0) is 11.2 Å². The lowest BCUT2D eigenvalue weighted by Gasteiger charge is -2.26. The van der Waals surface area contributed by atoms with Gasteiger partial charge in [-0.15, -0.1) is 0 Å². The first-order chi connectivity index (χ1) is 22.3. The molecule has 0 bridgehead atoms. The van der Waals surface area contributed by atoms with Crippen LogP contribution in [0.5, 0.6) is 17.4 Å². The average molecular weight is 627 g/mol. The molecule has 1 aliphatic heterocycles. The normalized spacial score (nSPS) is 13.6. The molecular weight excluding hydrogens is 594 g/mol. The molecule has 9 nitrogen and oxygen atoms in total. The van der Waals surface area contributed by atoms with Crippen molar-refractivity contribution in [3.05, 3.63) is 111 Å². The lowest BCUT2D eigenvalue weighted by atomic mass is 9.95. The van der Waals surface area contributed by atoms with Crippen LogP contribution in [0.25, 0.3) is 22.2 Å². The Hall–Kier alpha value is -5.00. The number of aryl methyl sites for hydroxylation is 2. The highest BCUT2D eigenvalue weighted by Crippen LogP contribution is 2.31. The summed E-state index contributed by atoms with van der Waals surface area (Å²) in [5.41, 5.74) is 2.58. The number of halogens is 2. The third kappa shape index (κ3) is 6.80. The van der Waals surface area contributed by atoms with Crippen LogP contribution in [0.15, 0.2) is 71.7 Å². The van der Waals surface area contributed by atoms with Crippen molar-refractivity contribution in [2.45, 2.75) is 20.3 Å². The van der Waals surface area contributed by atoms with Gasteiger partial charge in [0.15, 0.2) is 23.1 Å². The first-order valence-electron chi connectivity index (χ1n) is 14.9. The molecule has 2 aromatic carbocycles. The summed E-state index contributed by atoms with van der Waals surface area (Å²) < 4.78 is 46.0. The lowest BCUT2D eigenvalue weighted by molar-refractivity contribution is 0.0320. The highest BCUT2D eigenvalue weighted by atomic mass is 19.1. The summed E-state index contributed by atoms with van der Waals surface area (Å²) in [5.74, 6) is -0.959. The van der Waals surface area contributed by atoms with Crippen LogP contribution < -0.4 is 14.9 Å². The molecule has 1 N–H and O–H groups in total. The minimum absolute atomic E-state index is 0.0250. The first kappa shape index (κ1) is 31.0. The van der Waals surface area contributed by atoms with Crippen molar-refractivity contribution in [2.24, 2.45) is 0 Å². The standard InChI is InChI=1S/C35H32F2N4O5/c1-21-32(24-4-6-25(36)7-5-24)35(43)33(22(2)39-21)28(42)20-23-3-9-29(26(37)19-23)46-30-11-12-38-27-8-10-31(40-34(27)30)45-18-15-41-13-16-44-17-14-41/h3-12,19H,13-18,20H2,1-2H3,(H,39,43). The Balaban J connectivity index is 1.18. The summed E-state index contributed by atoms with van der Waals surface area (Å²) in [5, 5.41) is 0. The van der Waals surface area contributed by atoms with Gasteiger partial charge in [-0.1, -0.05) is 18.2 Å². The van der Waals surface area contributed by atoms with E-state index in [-0.39, 0.29) is 23.3 Å². The quantitative estimate of drug-likeness (QED) is 0.194. The van der Waals surface area contributed by atoms with Crippen LogP contribution in [0.3, 0.4) is 0 Å². The smallest absolute Gasteiger partial charge is 0.214 e. The highest BCUT2D eigenvalue weighted by molar-refractivity contribution is 5.99. The highest BCUT2D eigenvalue weighted by Gasteiger charge is 2.21. The zero-order valence-corrected chi connectivity index (χ0v) is 25.4. The average Bonchev–Trinajstić information content (AvgIpc) is 3.04. The van der Waals surface area contributed by atoms with Gasteiger partial charge < -0.3 is 19.2 Å². The molecule has 46 heavy (non-hydrogen) atoms. The topological polar surface area (TPSA) is 107 Å². The van der Waals surface area contributed by atoms with Gasteiger partial charge in [0, 0.05) is 61.3 Å². The second-order valence-electron chi connectivity index (χ2n) is 11.1. The lowest BCUT2D eigenvalue weighted by Crippen LogP contribution is -2.38. The Morgan fingerprint density at radius 1 is 0.978 bits per heavy atom. The number of nitrogens with zero attached hydrogens (tertiary/aromatic N) is 3. The molecule has 6 rings (SSSR count). The van der Waals surface area contributed by atoms with Gasteiger partial charge in [0.1, 0.15) is 17.9 Å². The van der Waals surface area contributed by atoms with Crippen LogP contribution >= 0.6 is 0 Å². The number of hydrogen-bond acceptors (Lipinski definition) is 8. The van der Waals surface area contributed by atoms with Gasteiger partial charge in [-0.3, -0.25) is 19.5 Å². The molecule has 4 heterocycles. The molecule has 0 atom stereocenters. The fourth-order valence-electron chi connectivity index (χ4n) is 5.55. The predicted molar refractivity (Wildman–Crippen MR) is 169 cm³/mol. The minimum Gasteiger partial charge on any atom is -0.476 e. The summed E-state index contributed by atoms with van der Waals surface area (Å²) in [7, 11) is 0. The van der Waals surface area contributed by atoms with Crippen LogP contribution in [0.2, 0.25) is 0 Å². The van der Waals surface area contributed by atoms with Gasteiger partial charge in [-0.2, -0.15) is 0 Å². The molecule has 1 fully saturated rings. The second kappa shape index (κ2) is 13.6. The number of H-pyrrole nitrogens is 1. The molecule has 11 heteroatoms. The molecule has 236 valence electrons. The van der Waals surface area contributed by atoms with Crippen molar-refractivity contribution >= 4 is 16.8 Å². The SMILES string of the molecule is Cc1[nH]c(C)c(-c2ccc(F)cc2)c(=O)c1C(=O)Cc1ccc(Oc2ccnc3ccc(OCCN4CCOCC4)nc23)c(F)c1. The van der Waals surface area contributed by atoms with E-state index in [4.69, 9.17) is 14.2 Å². The van der Waals surface area contributed by atoms with Crippen molar-refractivity contribution in [1.82, 2.24) is 19.9 Å². The monoisotopic (exact) mass is 626 g/mol. The number of morpholine rings is 1. The number of nitrogens with one attached hydrogen (secondary N) is 1. The summed E-state index contributed by atoms with van der Waals surface area (Å²) in [6.45, 7) is 7.69. The van der Waals surface area contributed by atoms with Crippen molar-refractivity contribution in [1.29, 1.82) is 0 Å². The molecule has 0 radical (unpaired) electrons. The Morgan fingerprint density at radius 2 is 1.76 bits per heavy atom. The van der Waals surface area contributed by atoms with E-state index in [1.807, 2.05) is 0 Å². The van der Waals surface area contributed by atoms with Gasteiger partial charge in [0.05, 0.1) is 24.3 Å². The number of fused-ring (bicyclic) bond motifs is 1. The maximum Gasteiger partial charge on any atom is 0.214 e. The van der Waals surface area contributed by atoms with E-state index in [1.54, 1.807) is 44.3 Å². The number of carbonyl (C=O) groups excluding carboxylic acids is 1. The fraction of sp³-hybridized carbons (Fsp3) is 0.257. The molecule has 0 amide bonds. The van der Waals surface area contributed by atoms with Crippen molar-refractivity contribution in [2.75, 3.05) is 39.5 Å². The van der Waals surface area contributed by atoms with Gasteiger partial charge >= 0.3 is 0 Å². The van der Waals surface area contributed by atoms with E-state index in [2.05, 4.69) is 19.9 Å². The van der Waals surface area contributed by atoms with Crippen molar-refractivity contribution in [3.8, 4) is 28.5 Å². The number of aromatic nitrogens is 3. The number of benzene rings is 2. The summed E-state index contributed by atoms with van der Waals surface area (Å²) in [6, 6.07) is 14.8. The van der Waals surface area contributed by atoms with Crippen LogP contribution in [-0.4, -0.2) is 65.1 Å². The Labute approximate surface area is 263 Å². The van der Waals surface area contributed by atoms with Crippen LogP contribution in [0, 0.1) is 25.5 Å². The molecule has 3 aromatic heterocycles. The minimum atomic E-state index is -0.685. The van der Waals surface area contributed by atoms with Gasteiger partial charge in [0.25, 0.3) is 0 Å². The third-order valence-electron chi connectivity index (χ3n) is 7.85. The van der Waals surface area contributed by atoms with E-state index in [0.29, 0.717) is 65.0 Å². The number of hydrogen-bond donors (Lipinski definition) is 1. The Bertz CT molecular complexity index is 1960. The zero-order valence-electron chi connectivity index (χ0n) is 25.4. The van der Waals surface area contributed by atoms with Crippen molar-refractivity contribution < 1.29 is 27.8 Å². The van der Waals surface area contributed by atoms with E-state index in [9.17, 15) is 14.0 Å². The molecule has 5 aromatic rings. The number of Topliss-reactive ketones (excluding diaryl/α,β-unsaturated/α-hetero) is 1. The van der Waals surface area contributed by atoms with Gasteiger partial charge in [0.2, 0.25) is 11.3 Å². The van der Waals surface area contributed by atoms with E-state index in [0.717, 1.165) is 19.6 Å². The molecule has 0 unspecified atom stereocenters. The van der Waals surface area contributed by atoms with Gasteiger partial charge in [-0.05, 0) is 55.3 Å². The number of ketones is 1. The maximum atomic E-state index is 15.3.